The first-order chi connectivity index (χ1) is 15.9. The van der Waals surface area contributed by atoms with Gasteiger partial charge in [-0.15, -0.1) is 0 Å². The van der Waals surface area contributed by atoms with Gasteiger partial charge in [0.05, 0.1) is 22.7 Å². The summed E-state index contributed by atoms with van der Waals surface area (Å²) >= 11 is 12.8. The van der Waals surface area contributed by atoms with Crippen LogP contribution in [0.15, 0.2) is 65.6 Å². The molecule has 0 bridgehead atoms. The van der Waals surface area contributed by atoms with Crippen LogP contribution in [0.5, 0.6) is 11.5 Å². The number of aryl methyl sites for hydroxylation is 1. The van der Waals surface area contributed by atoms with Crippen LogP contribution >= 0.6 is 35.6 Å². The summed E-state index contributed by atoms with van der Waals surface area (Å²) in [4.78, 5) is 15.1. The molecule has 33 heavy (non-hydrogen) atoms. The molecule has 1 saturated heterocycles. The summed E-state index contributed by atoms with van der Waals surface area (Å²) in [6.45, 7) is 1.89. The largest absolute Gasteiger partial charge is 0.493 e. The summed E-state index contributed by atoms with van der Waals surface area (Å²) in [5.41, 5.74) is 2.75. The number of methoxy groups -OCH3 is 1. The van der Waals surface area contributed by atoms with Gasteiger partial charge in [0.25, 0.3) is 5.91 Å². The topological polar surface area (TPSA) is 38.8 Å². The van der Waals surface area contributed by atoms with Crippen LogP contribution in [0.4, 0.5) is 10.1 Å². The van der Waals surface area contributed by atoms with Crippen molar-refractivity contribution in [3.8, 4) is 11.5 Å². The molecule has 0 spiro atoms. The molecule has 0 N–H and O–H groups in total. The fourth-order valence-electron chi connectivity index (χ4n) is 3.32. The molecule has 3 aromatic carbocycles. The second-order valence-corrected chi connectivity index (χ2v) is 9.34. The molecule has 0 aliphatic carbocycles. The molecule has 0 unspecified atom stereocenters. The van der Waals surface area contributed by atoms with E-state index in [1.807, 2.05) is 31.2 Å². The maximum atomic E-state index is 14.1. The molecule has 4 rings (SSSR count). The molecule has 0 aromatic heterocycles. The second-order valence-electron chi connectivity index (χ2n) is 7.26. The monoisotopic (exact) mass is 499 g/mol. The Labute approximate surface area is 206 Å². The lowest BCUT2D eigenvalue weighted by atomic mass is 10.1. The zero-order valence-electron chi connectivity index (χ0n) is 17.8. The number of hydrogen-bond acceptors (Lipinski definition) is 5. The molecule has 1 aliphatic rings. The molecule has 3 aromatic rings. The van der Waals surface area contributed by atoms with Crippen LogP contribution in [0.1, 0.15) is 16.7 Å². The molecule has 0 atom stereocenters. The summed E-state index contributed by atoms with van der Waals surface area (Å²) < 4.78 is 25.8. The van der Waals surface area contributed by atoms with Crippen LogP contribution in [0.25, 0.3) is 6.08 Å². The molecule has 168 valence electrons. The molecule has 1 amide bonds. The van der Waals surface area contributed by atoms with E-state index in [9.17, 15) is 9.18 Å². The first kappa shape index (κ1) is 23.3. The van der Waals surface area contributed by atoms with E-state index in [2.05, 4.69) is 0 Å². The van der Waals surface area contributed by atoms with E-state index in [0.717, 1.165) is 16.8 Å². The van der Waals surface area contributed by atoms with Crippen molar-refractivity contribution >= 4 is 57.6 Å². The zero-order valence-corrected chi connectivity index (χ0v) is 20.2. The van der Waals surface area contributed by atoms with Crippen molar-refractivity contribution in [2.75, 3.05) is 12.0 Å². The third-order valence-electron chi connectivity index (χ3n) is 4.97. The van der Waals surface area contributed by atoms with Crippen LogP contribution in [-0.4, -0.2) is 17.3 Å². The fourth-order valence-corrected chi connectivity index (χ4v) is 4.84. The Morgan fingerprint density at radius 3 is 2.64 bits per heavy atom. The Morgan fingerprint density at radius 2 is 1.91 bits per heavy atom. The van der Waals surface area contributed by atoms with E-state index in [4.69, 9.17) is 33.3 Å². The number of carbonyl (C=O) groups excluding carboxylic acids is 1. The van der Waals surface area contributed by atoms with Crippen LogP contribution in [-0.2, 0) is 11.4 Å². The summed E-state index contributed by atoms with van der Waals surface area (Å²) in [7, 11) is 1.52. The molecule has 0 saturated carbocycles. The van der Waals surface area contributed by atoms with Crippen LogP contribution in [0.3, 0.4) is 0 Å². The lowest BCUT2D eigenvalue weighted by Crippen LogP contribution is -2.27. The van der Waals surface area contributed by atoms with E-state index in [-0.39, 0.29) is 23.1 Å². The van der Waals surface area contributed by atoms with Gasteiger partial charge in [-0.2, -0.15) is 0 Å². The van der Waals surface area contributed by atoms with Gasteiger partial charge in [0.15, 0.2) is 15.8 Å². The van der Waals surface area contributed by atoms with Gasteiger partial charge in [0, 0.05) is 5.56 Å². The Morgan fingerprint density at radius 1 is 1.12 bits per heavy atom. The lowest BCUT2D eigenvalue weighted by molar-refractivity contribution is -0.113. The van der Waals surface area contributed by atoms with Gasteiger partial charge in [-0.1, -0.05) is 59.8 Å². The van der Waals surface area contributed by atoms with Crippen LogP contribution in [0, 0.1) is 12.7 Å². The predicted molar refractivity (Wildman–Crippen MR) is 136 cm³/mol. The fraction of sp³-hybridized carbons (Fsp3) is 0.120. The number of thiocarbonyl (C=S) groups is 1. The number of rotatable bonds is 6. The molecule has 4 nitrogen and oxygen atoms in total. The van der Waals surface area contributed by atoms with Crippen molar-refractivity contribution in [1.29, 1.82) is 0 Å². The average molecular weight is 500 g/mol. The number of hydrogen-bond donors (Lipinski definition) is 0. The van der Waals surface area contributed by atoms with Gasteiger partial charge in [0.1, 0.15) is 12.4 Å². The molecule has 1 fully saturated rings. The minimum Gasteiger partial charge on any atom is -0.493 e. The number of amides is 1. The van der Waals surface area contributed by atoms with Crippen molar-refractivity contribution in [3.05, 3.63) is 93.1 Å². The Kier molecular flexibility index (Phi) is 7.02. The molecular weight excluding hydrogens is 481 g/mol. The van der Waals surface area contributed by atoms with Crippen molar-refractivity contribution in [2.45, 2.75) is 13.5 Å². The van der Waals surface area contributed by atoms with E-state index < -0.39 is 5.82 Å². The normalized spacial score (nSPS) is 14.8. The third kappa shape index (κ3) is 5.05. The Hall–Kier alpha value is -2.87. The van der Waals surface area contributed by atoms with Gasteiger partial charge < -0.3 is 9.47 Å². The van der Waals surface area contributed by atoms with Gasteiger partial charge >= 0.3 is 0 Å². The highest BCUT2D eigenvalue weighted by molar-refractivity contribution is 8.27. The summed E-state index contributed by atoms with van der Waals surface area (Å²) in [5.74, 6) is 0.246. The molecular formula is C25H19ClFNO3S2. The van der Waals surface area contributed by atoms with Crippen LogP contribution in [0.2, 0.25) is 5.02 Å². The summed E-state index contributed by atoms with van der Waals surface area (Å²) in [5, 5.41) is 0.282. The first-order valence-corrected chi connectivity index (χ1v) is 11.6. The number of halogens is 2. The van der Waals surface area contributed by atoms with Crippen molar-refractivity contribution in [1.82, 2.24) is 0 Å². The molecule has 0 radical (unpaired) electrons. The van der Waals surface area contributed by atoms with Gasteiger partial charge in [-0.3, -0.25) is 9.69 Å². The number of benzene rings is 3. The second kappa shape index (κ2) is 9.95. The lowest BCUT2D eigenvalue weighted by Gasteiger charge is -2.15. The van der Waals surface area contributed by atoms with E-state index in [1.54, 1.807) is 30.3 Å². The zero-order chi connectivity index (χ0) is 23.5. The smallest absolute Gasteiger partial charge is 0.270 e. The minimum atomic E-state index is -0.447. The maximum absolute atomic E-state index is 14.1. The van der Waals surface area contributed by atoms with Crippen molar-refractivity contribution in [3.63, 3.8) is 0 Å². The predicted octanol–water partition coefficient (Wildman–Crippen LogP) is 6.78. The number of nitrogens with zero attached hydrogens (tertiary/aromatic N) is 1. The SMILES string of the molecule is COc1ccc(/C=C2\SC(=S)N(c3cccc(C)c3)C2=O)cc1OCc1c(F)cccc1Cl. The number of anilines is 1. The summed E-state index contributed by atoms with van der Waals surface area (Å²) in [6, 6.07) is 17.4. The van der Waals surface area contributed by atoms with Gasteiger partial charge in [-0.05, 0) is 60.5 Å². The highest BCUT2D eigenvalue weighted by atomic mass is 35.5. The van der Waals surface area contributed by atoms with Crippen LogP contribution < -0.4 is 14.4 Å². The third-order valence-corrected chi connectivity index (χ3v) is 6.63. The van der Waals surface area contributed by atoms with Gasteiger partial charge in [-0.25, -0.2) is 4.39 Å². The quantitative estimate of drug-likeness (QED) is 0.276. The first-order valence-electron chi connectivity index (χ1n) is 9.95. The molecule has 8 heteroatoms. The summed E-state index contributed by atoms with van der Waals surface area (Å²) in [6.07, 6.45) is 1.75. The molecule has 1 heterocycles. The highest BCUT2D eigenvalue weighted by Gasteiger charge is 2.33. The number of thioether (sulfide) groups is 1. The van der Waals surface area contributed by atoms with E-state index >= 15 is 0 Å². The van der Waals surface area contributed by atoms with E-state index in [0.29, 0.717) is 20.7 Å². The average Bonchev–Trinajstić information content (AvgIpc) is 3.06. The number of carbonyl (C=O) groups is 1. The highest BCUT2D eigenvalue weighted by Crippen LogP contribution is 2.37. The van der Waals surface area contributed by atoms with Crippen molar-refractivity contribution in [2.24, 2.45) is 0 Å². The Bertz CT molecular complexity index is 1260. The molecule has 1 aliphatic heterocycles. The van der Waals surface area contributed by atoms with Gasteiger partial charge in [0.2, 0.25) is 0 Å². The van der Waals surface area contributed by atoms with Crippen molar-refractivity contribution < 1.29 is 18.7 Å². The standard InChI is InChI=1S/C25H19ClFNO3S2/c1-15-5-3-6-17(11-15)28-24(29)23(33-25(28)32)13-16-9-10-21(30-2)22(12-16)31-14-18-19(26)7-4-8-20(18)27/h3-13H,14H2,1-2H3/b23-13-. The minimum absolute atomic E-state index is 0.0687. The maximum Gasteiger partial charge on any atom is 0.270 e. The number of ether oxygens (including phenoxy) is 2. The van der Waals surface area contributed by atoms with E-state index in [1.165, 1.54) is 35.9 Å². The Balaban J connectivity index is 1.59.